The van der Waals surface area contributed by atoms with E-state index in [0.717, 1.165) is 18.1 Å². The SMILES string of the molecule is CC(=O)N[C@H]1C(C)(C)[C@@H]2C[C@@H]3[C@@H](c4cccc(Cl)c4)OCCC31C2. The Morgan fingerprint density at radius 2 is 2.17 bits per heavy atom. The predicted molar refractivity (Wildman–Crippen MR) is 94.8 cm³/mol. The first kappa shape index (κ1) is 16.4. The molecule has 0 radical (unpaired) electrons. The van der Waals surface area contributed by atoms with Gasteiger partial charge in [0.2, 0.25) is 5.91 Å². The van der Waals surface area contributed by atoms with Crippen LogP contribution in [0.5, 0.6) is 0 Å². The number of benzene rings is 1. The van der Waals surface area contributed by atoms with E-state index >= 15 is 0 Å². The normalized spacial score (nSPS) is 39.5. The quantitative estimate of drug-likeness (QED) is 0.863. The van der Waals surface area contributed by atoms with Gasteiger partial charge in [0.15, 0.2) is 0 Å². The molecule has 3 fully saturated rings. The Morgan fingerprint density at radius 1 is 1.38 bits per heavy atom. The Hall–Kier alpha value is -1.06. The van der Waals surface area contributed by atoms with Crippen LogP contribution < -0.4 is 5.32 Å². The van der Waals surface area contributed by atoms with Crippen LogP contribution in [0.25, 0.3) is 0 Å². The zero-order valence-electron chi connectivity index (χ0n) is 14.6. The van der Waals surface area contributed by atoms with E-state index in [1.54, 1.807) is 6.92 Å². The highest BCUT2D eigenvalue weighted by molar-refractivity contribution is 6.30. The van der Waals surface area contributed by atoms with E-state index in [1.165, 1.54) is 18.4 Å². The number of halogens is 1. The van der Waals surface area contributed by atoms with Gasteiger partial charge in [-0.25, -0.2) is 0 Å². The minimum atomic E-state index is 0.0829. The van der Waals surface area contributed by atoms with E-state index in [9.17, 15) is 4.79 Å². The van der Waals surface area contributed by atoms with E-state index in [2.05, 4.69) is 25.2 Å². The number of nitrogens with one attached hydrogen (secondary N) is 1. The summed E-state index contributed by atoms with van der Waals surface area (Å²) in [5, 5.41) is 4.08. The molecule has 1 amide bonds. The van der Waals surface area contributed by atoms with Gasteiger partial charge in [-0.05, 0) is 59.6 Å². The summed E-state index contributed by atoms with van der Waals surface area (Å²) >= 11 is 6.21. The minimum absolute atomic E-state index is 0.0829. The van der Waals surface area contributed by atoms with Crippen LogP contribution in [0.3, 0.4) is 0 Å². The molecule has 0 aromatic heterocycles. The van der Waals surface area contributed by atoms with Gasteiger partial charge in [-0.3, -0.25) is 4.79 Å². The summed E-state index contributed by atoms with van der Waals surface area (Å²) in [6, 6.07) is 8.31. The molecule has 1 aliphatic heterocycles. The number of hydrogen-bond donors (Lipinski definition) is 1. The van der Waals surface area contributed by atoms with Crippen LogP contribution in [-0.2, 0) is 9.53 Å². The Labute approximate surface area is 149 Å². The molecule has 4 rings (SSSR count). The van der Waals surface area contributed by atoms with Crippen molar-refractivity contribution in [3.63, 3.8) is 0 Å². The number of carbonyl (C=O) groups excluding carboxylic acids is 1. The maximum absolute atomic E-state index is 11.9. The van der Waals surface area contributed by atoms with Crippen molar-refractivity contribution < 1.29 is 9.53 Å². The number of carbonyl (C=O) groups is 1. The molecule has 1 aromatic carbocycles. The third-order valence-electron chi connectivity index (χ3n) is 7.03. The van der Waals surface area contributed by atoms with Crippen molar-refractivity contribution in [3.8, 4) is 0 Å². The van der Waals surface area contributed by atoms with Gasteiger partial charge in [0.1, 0.15) is 0 Å². The molecule has 1 heterocycles. The first-order valence-electron chi connectivity index (χ1n) is 8.99. The van der Waals surface area contributed by atoms with Gasteiger partial charge in [-0.2, -0.15) is 0 Å². The number of amides is 1. The molecular formula is C20H26ClNO2. The lowest BCUT2D eigenvalue weighted by atomic mass is 9.59. The summed E-state index contributed by atoms with van der Waals surface area (Å²) in [5.41, 5.74) is 1.49. The Morgan fingerprint density at radius 3 is 2.88 bits per heavy atom. The van der Waals surface area contributed by atoms with E-state index in [4.69, 9.17) is 16.3 Å². The number of hydrogen-bond acceptors (Lipinski definition) is 2. The Balaban J connectivity index is 1.72. The number of rotatable bonds is 2. The van der Waals surface area contributed by atoms with Gasteiger partial charge in [-0.1, -0.05) is 37.6 Å². The zero-order chi connectivity index (χ0) is 17.1. The van der Waals surface area contributed by atoms with Gasteiger partial charge in [0, 0.05) is 24.6 Å². The van der Waals surface area contributed by atoms with Gasteiger partial charge in [-0.15, -0.1) is 0 Å². The van der Waals surface area contributed by atoms with Gasteiger partial charge in [0.25, 0.3) is 0 Å². The van der Waals surface area contributed by atoms with Crippen molar-refractivity contribution >= 4 is 17.5 Å². The molecule has 1 saturated heterocycles. The standard InChI is InChI=1S/C20H26ClNO2/c1-12(23)22-18-19(2,3)14-10-16-17(13-5-4-6-15(21)9-13)24-8-7-20(16,18)11-14/h4-6,9,14,16-18H,7-8,10-11H2,1-3H3,(H,22,23)/t14-,16-,17-,18+,20?/m1/s1. The highest BCUT2D eigenvalue weighted by Gasteiger charge is 2.68. The molecule has 1 spiro atoms. The molecule has 1 N–H and O–H groups in total. The van der Waals surface area contributed by atoms with Crippen LogP contribution in [0.4, 0.5) is 0 Å². The van der Waals surface area contributed by atoms with Crippen LogP contribution in [0.2, 0.25) is 5.02 Å². The molecule has 2 bridgehead atoms. The third-order valence-corrected chi connectivity index (χ3v) is 7.26. The molecule has 3 aliphatic rings. The average Bonchev–Trinajstić information content (AvgIpc) is 3.00. The largest absolute Gasteiger partial charge is 0.373 e. The smallest absolute Gasteiger partial charge is 0.217 e. The van der Waals surface area contributed by atoms with Gasteiger partial charge < -0.3 is 10.1 Å². The third kappa shape index (κ3) is 2.24. The lowest BCUT2D eigenvalue weighted by molar-refractivity contribution is -0.135. The summed E-state index contributed by atoms with van der Waals surface area (Å²) in [5.74, 6) is 1.18. The van der Waals surface area contributed by atoms with E-state index in [-0.39, 0.29) is 28.9 Å². The topological polar surface area (TPSA) is 38.3 Å². The maximum atomic E-state index is 11.9. The van der Waals surface area contributed by atoms with Crippen LogP contribution in [0.15, 0.2) is 24.3 Å². The average molecular weight is 348 g/mol. The molecule has 1 unspecified atom stereocenters. The monoisotopic (exact) mass is 347 g/mol. The van der Waals surface area contributed by atoms with Crippen molar-refractivity contribution in [1.82, 2.24) is 5.32 Å². The number of ether oxygens (including phenoxy) is 1. The summed E-state index contributed by atoms with van der Waals surface area (Å²) in [6.45, 7) is 7.05. The first-order valence-corrected chi connectivity index (χ1v) is 9.36. The second kappa shape index (κ2) is 5.47. The van der Waals surface area contributed by atoms with Gasteiger partial charge in [0.05, 0.1) is 6.10 Å². The van der Waals surface area contributed by atoms with Gasteiger partial charge >= 0.3 is 0 Å². The van der Waals surface area contributed by atoms with Crippen LogP contribution in [-0.4, -0.2) is 18.6 Å². The summed E-state index contributed by atoms with van der Waals surface area (Å²) in [4.78, 5) is 11.9. The molecule has 130 valence electrons. The highest BCUT2D eigenvalue weighted by atomic mass is 35.5. The highest BCUT2D eigenvalue weighted by Crippen LogP contribution is 2.70. The van der Waals surface area contributed by atoms with Crippen molar-refractivity contribution in [2.45, 2.75) is 52.2 Å². The minimum Gasteiger partial charge on any atom is -0.373 e. The maximum Gasteiger partial charge on any atom is 0.217 e. The first-order chi connectivity index (χ1) is 11.3. The Bertz CT molecular complexity index is 673. The van der Waals surface area contributed by atoms with Crippen molar-refractivity contribution in [1.29, 1.82) is 0 Å². The molecule has 1 aromatic rings. The number of fused-ring (bicyclic) bond motifs is 1. The molecular weight excluding hydrogens is 322 g/mol. The molecule has 2 aliphatic carbocycles. The zero-order valence-corrected chi connectivity index (χ0v) is 15.4. The summed E-state index contributed by atoms with van der Waals surface area (Å²) in [7, 11) is 0. The second-order valence-corrected chi connectivity index (χ2v) is 8.96. The fourth-order valence-corrected chi connectivity index (χ4v) is 6.20. The van der Waals surface area contributed by atoms with Crippen molar-refractivity contribution in [2.24, 2.45) is 22.7 Å². The van der Waals surface area contributed by atoms with Crippen LogP contribution in [0.1, 0.15) is 51.7 Å². The van der Waals surface area contributed by atoms with E-state index in [0.29, 0.717) is 11.8 Å². The lowest BCUT2D eigenvalue weighted by Gasteiger charge is -2.53. The van der Waals surface area contributed by atoms with Crippen molar-refractivity contribution in [2.75, 3.05) is 6.61 Å². The van der Waals surface area contributed by atoms with E-state index < -0.39 is 0 Å². The fourth-order valence-electron chi connectivity index (χ4n) is 6.00. The summed E-state index contributed by atoms with van der Waals surface area (Å²) in [6.07, 6.45) is 3.52. The van der Waals surface area contributed by atoms with Crippen LogP contribution in [0, 0.1) is 22.7 Å². The predicted octanol–water partition coefficient (Wildman–Crippen LogP) is 4.36. The van der Waals surface area contributed by atoms with E-state index in [1.807, 2.05) is 18.2 Å². The molecule has 3 nitrogen and oxygen atoms in total. The molecule has 2 saturated carbocycles. The van der Waals surface area contributed by atoms with Crippen LogP contribution >= 0.6 is 11.6 Å². The lowest BCUT2D eigenvalue weighted by Crippen LogP contribution is -2.58. The van der Waals surface area contributed by atoms with Crippen molar-refractivity contribution in [3.05, 3.63) is 34.9 Å². The summed E-state index contributed by atoms with van der Waals surface area (Å²) < 4.78 is 6.23. The molecule has 5 atom stereocenters. The molecule has 4 heteroatoms. The Kier molecular flexibility index (Phi) is 3.74. The fraction of sp³-hybridized carbons (Fsp3) is 0.650. The second-order valence-electron chi connectivity index (χ2n) is 8.53. The molecule has 24 heavy (non-hydrogen) atoms.